The summed E-state index contributed by atoms with van der Waals surface area (Å²) in [6.07, 6.45) is 1.82. The summed E-state index contributed by atoms with van der Waals surface area (Å²) in [4.78, 5) is 33.5. The zero-order chi connectivity index (χ0) is 32.4. The van der Waals surface area contributed by atoms with E-state index in [2.05, 4.69) is 37.0 Å². The first kappa shape index (κ1) is 34.5. The molecule has 0 saturated carbocycles. The molecule has 17 heteroatoms. The number of aliphatic carboxylic acids is 2. The number of ether oxygens (including phenoxy) is 1. The summed E-state index contributed by atoms with van der Waals surface area (Å²) >= 11 is 0. The maximum Gasteiger partial charge on any atom is 0.335 e. The number of rotatable bonds is 12. The number of nitrogens with zero attached hydrogens (tertiary/aromatic N) is 7. The third-order valence-corrected chi connectivity index (χ3v) is 8.62. The van der Waals surface area contributed by atoms with E-state index in [0.717, 1.165) is 48.8 Å². The zero-order valence-corrected chi connectivity index (χ0v) is 25.4. The normalized spacial score (nSPS) is 15.4. The number of hydrogen-bond acceptors (Lipinski definition) is 12. The van der Waals surface area contributed by atoms with Crippen LogP contribution in [-0.4, -0.2) is 135 Å². The van der Waals surface area contributed by atoms with Crippen molar-refractivity contribution >= 4 is 27.8 Å². The lowest BCUT2D eigenvalue weighted by Crippen LogP contribution is -2.49. The smallest absolute Gasteiger partial charge is 0.335 e. The Morgan fingerprint density at radius 3 is 2.11 bits per heavy atom. The van der Waals surface area contributed by atoms with E-state index >= 15 is 0 Å². The van der Waals surface area contributed by atoms with Gasteiger partial charge in [-0.3, -0.25) is 14.6 Å². The van der Waals surface area contributed by atoms with Crippen LogP contribution >= 0.6 is 0 Å². The summed E-state index contributed by atoms with van der Waals surface area (Å²) in [5.74, 6) is -2.66. The maximum absolute atomic E-state index is 12.7. The van der Waals surface area contributed by atoms with Gasteiger partial charge < -0.3 is 30.1 Å². The van der Waals surface area contributed by atoms with Crippen molar-refractivity contribution in [2.75, 3.05) is 58.3 Å². The van der Waals surface area contributed by atoms with Gasteiger partial charge in [0, 0.05) is 84.6 Å². The van der Waals surface area contributed by atoms with Gasteiger partial charge in [0.05, 0.1) is 12.8 Å². The molecule has 0 bridgehead atoms. The monoisotopic (exact) mass is 635 g/mol. The molecule has 16 nitrogen and oxygen atoms in total. The van der Waals surface area contributed by atoms with Crippen molar-refractivity contribution < 1.29 is 43.2 Å². The van der Waals surface area contributed by atoms with Crippen molar-refractivity contribution in [2.24, 2.45) is 7.05 Å². The van der Waals surface area contributed by atoms with Gasteiger partial charge in [-0.15, -0.1) is 0 Å². The number of hydrogen-bond donors (Lipinski definition) is 4. The summed E-state index contributed by atoms with van der Waals surface area (Å²) in [6, 6.07) is 8.20. The minimum Gasteiger partial charge on any atom is -0.479 e. The van der Waals surface area contributed by atoms with Crippen LogP contribution in [0.25, 0.3) is 11.3 Å². The van der Waals surface area contributed by atoms with Gasteiger partial charge in [-0.2, -0.15) is 9.40 Å². The lowest BCUT2D eigenvalue weighted by molar-refractivity contribution is -0.165. The number of carboxylic acids is 2. The van der Waals surface area contributed by atoms with E-state index in [1.54, 1.807) is 33.6 Å². The number of sulfonamides is 1. The fourth-order valence-electron chi connectivity index (χ4n) is 4.26. The Hall–Kier alpha value is -4.00. The first-order chi connectivity index (χ1) is 20.8. The lowest BCUT2D eigenvalue weighted by atomic mass is 10.1. The van der Waals surface area contributed by atoms with Crippen LogP contribution in [0.5, 0.6) is 0 Å². The van der Waals surface area contributed by atoms with E-state index in [1.807, 2.05) is 12.1 Å². The number of aliphatic hydroxyl groups excluding tert-OH is 2. The highest BCUT2D eigenvalue weighted by Gasteiger charge is 2.29. The Labute approximate surface area is 254 Å². The van der Waals surface area contributed by atoms with Gasteiger partial charge in [0.25, 0.3) is 0 Å². The Morgan fingerprint density at radius 2 is 1.59 bits per heavy atom. The van der Waals surface area contributed by atoms with Crippen molar-refractivity contribution in [3.05, 3.63) is 54.6 Å². The summed E-state index contributed by atoms with van der Waals surface area (Å²) < 4.78 is 33.5. The minimum absolute atomic E-state index is 0.216. The van der Waals surface area contributed by atoms with Crippen LogP contribution in [-0.2, 0) is 38.0 Å². The molecule has 4 rings (SSSR count). The SMILES string of the molecule is COCc1ccc(-c2nccnc2N2CCN(CCN(C)S(=O)(=O)c3cnn(C)c3)CC2)cc1.O=C(O)[C@H](O)[C@@H](O)C(=O)O. The predicted octanol–water partition coefficient (Wildman–Crippen LogP) is -0.656. The Balaban J connectivity index is 0.000000456. The Kier molecular flexibility index (Phi) is 12.3. The third-order valence-electron chi connectivity index (χ3n) is 6.81. The van der Waals surface area contributed by atoms with E-state index in [9.17, 15) is 18.0 Å². The number of carbonyl (C=O) groups is 2. The highest BCUT2D eigenvalue weighted by atomic mass is 32.2. The van der Waals surface area contributed by atoms with E-state index in [-0.39, 0.29) is 4.90 Å². The highest BCUT2D eigenvalue weighted by Crippen LogP contribution is 2.27. The molecule has 2 atom stereocenters. The Bertz CT molecular complexity index is 1480. The number of anilines is 1. The number of piperazine rings is 1. The average Bonchev–Trinajstić information content (AvgIpc) is 3.47. The fraction of sp³-hybridized carbons (Fsp3) is 0.444. The van der Waals surface area contributed by atoms with Gasteiger partial charge in [-0.25, -0.2) is 23.0 Å². The molecule has 3 heterocycles. The molecule has 0 radical (unpaired) electrons. The molecule has 240 valence electrons. The van der Waals surface area contributed by atoms with Crippen LogP contribution in [0.4, 0.5) is 5.82 Å². The molecule has 1 aromatic carbocycles. The van der Waals surface area contributed by atoms with Gasteiger partial charge in [-0.05, 0) is 5.56 Å². The van der Waals surface area contributed by atoms with E-state index < -0.39 is 34.2 Å². The molecule has 0 amide bonds. The number of benzene rings is 1. The number of carboxylic acid groups (broad SMARTS) is 2. The van der Waals surface area contributed by atoms with Crippen molar-refractivity contribution in [3.8, 4) is 11.3 Å². The molecule has 0 unspecified atom stereocenters. The predicted molar refractivity (Wildman–Crippen MR) is 157 cm³/mol. The molecule has 0 aliphatic carbocycles. The quantitative estimate of drug-likeness (QED) is 0.195. The van der Waals surface area contributed by atoms with Crippen LogP contribution in [0.3, 0.4) is 0 Å². The largest absolute Gasteiger partial charge is 0.479 e. The molecule has 1 fully saturated rings. The van der Waals surface area contributed by atoms with Gasteiger partial charge in [-0.1, -0.05) is 24.3 Å². The van der Waals surface area contributed by atoms with E-state index in [1.165, 1.54) is 21.4 Å². The summed E-state index contributed by atoms with van der Waals surface area (Å²) in [6.45, 7) is 4.90. The first-order valence-corrected chi connectivity index (χ1v) is 14.9. The Morgan fingerprint density at radius 1 is 1.00 bits per heavy atom. The maximum atomic E-state index is 12.7. The minimum atomic E-state index is -3.53. The highest BCUT2D eigenvalue weighted by molar-refractivity contribution is 7.89. The molecule has 44 heavy (non-hydrogen) atoms. The van der Waals surface area contributed by atoms with Gasteiger partial charge in [0.15, 0.2) is 18.0 Å². The molecule has 3 aromatic rings. The van der Waals surface area contributed by atoms with Crippen LogP contribution in [0, 0.1) is 0 Å². The lowest BCUT2D eigenvalue weighted by Gasteiger charge is -2.36. The van der Waals surface area contributed by atoms with Crippen LogP contribution in [0.15, 0.2) is 53.9 Å². The van der Waals surface area contributed by atoms with Crippen LogP contribution in [0.1, 0.15) is 5.56 Å². The van der Waals surface area contributed by atoms with Gasteiger partial charge in [0.2, 0.25) is 10.0 Å². The summed E-state index contributed by atoms with van der Waals surface area (Å²) in [7, 11) is 1.48. The standard InChI is InChI=1S/C23H31N7O3S.C4H6O6/c1-27-17-21(16-26-27)34(31,32)28(2)10-11-29-12-14-30(15-13-29)23-22(24-8-9-25-23)20-6-4-19(5-7-20)18-33-3;5-1(3(7)8)2(6)4(9)10/h4-9,16-17H,10-15,18H2,1-3H3;1-2,5-6H,(H,7,8)(H,9,10)/t;1-,2-/m.1/s1. The molecule has 0 spiro atoms. The van der Waals surface area contributed by atoms with Gasteiger partial charge >= 0.3 is 11.9 Å². The van der Waals surface area contributed by atoms with Gasteiger partial charge in [0.1, 0.15) is 10.6 Å². The van der Waals surface area contributed by atoms with Crippen molar-refractivity contribution in [1.82, 2.24) is 29.0 Å². The second-order valence-corrected chi connectivity index (χ2v) is 12.0. The topological polar surface area (TPSA) is 212 Å². The first-order valence-electron chi connectivity index (χ1n) is 13.5. The van der Waals surface area contributed by atoms with E-state index in [0.29, 0.717) is 19.7 Å². The second kappa shape index (κ2) is 15.6. The third kappa shape index (κ3) is 9.01. The van der Waals surface area contributed by atoms with Crippen molar-refractivity contribution in [3.63, 3.8) is 0 Å². The number of aliphatic hydroxyl groups is 2. The molecule has 1 aliphatic rings. The molecule has 1 aliphatic heterocycles. The van der Waals surface area contributed by atoms with Crippen molar-refractivity contribution in [1.29, 1.82) is 0 Å². The van der Waals surface area contributed by atoms with Crippen molar-refractivity contribution in [2.45, 2.75) is 23.7 Å². The summed E-state index contributed by atoms with van der Waals surface area (Å²) in [5.41, 5.74) is 3.00. The number of aryl methyl sites for hydroxylation is 1. The van der Waals surface area contributed by atoms with E-state index in [4.69, 9.17) is 25.2 Å². The molecule has 2 aromatic heterocycles. The summed E-state index contributed by atoms with van der Waals surface area (Å²) in [5, 5.41) is 36.5. The zero-order valence-electron chi connectivity index (χ0n) is 24.6. The molecule has 4 N–H and O–H groups in total. The molecular weight excluding hydrogens is 598 g/mol. The molecule has 1 saturated heterocycles. The second-order valence-electron chi connectivity index (χ2n) is 9.93. The van der Waals surface area contributed by atoms with Crippen LogP contribution < -0.4 is 4.90 Å². The van der Waals surface area contributed by atoms with Crippen LogP contribution in [0.2, 0.25) is 0 Å². The average molecular weight is 636 g/mol. The fourth-order valence-corrected chi connectivity index (χ4v) is 5.41. The number of aromatic nitrogens is 4. The molecular formula is C27H37N7O9S. The number of methoxy groups -OCH3 is 1. The number of likely N-dealkylation sites (N-methyl/N-ethyl adjacent to an activating group) is 1.